The highest BCUT2D eigenvalue weighted by molar-refractivity contribution is 5.76. The molecule has 0 aliphatic heterocycles. The van der Waals surface area contributed by atoms with Gasteiger partial charge in [-0.2, -0.15) is 0 Å². The van der Waals surface area contributed by atoms with E-state index >= 15 is 0 Å². The summed E-state index contributed by atoms with van der Waals surface area (Å²) < 4.78 is 4.70. The van der Waals surface area contributed by atoms with Crippen LogP contribution in [0.4, 0.5) is 0 Å². The minimum absolute atomic E-state index is 0.143. The lowest BCUT2D eigenvalue weighted by Crippen LogP contribution is -2.47. The maximum absolute atomic E-state index is 11.3. The molecule has 0 aliphatic carbocycles. The average Bonchev–Trinajstić information content (AvgIpc) is 2.02. The van der Waals surface area contributed by atoms with Crippen LogP contribution in [0.5, 0.6) is 0 Å². The highest BCUT2D eigenvalue weighted by Gasteiger charge is 2.31. The van der Waals surface area contributed by atoms with Crippen LogP contribution in [-0.2, 0) is 9.53 Å². The molecule has 1 unspecified atom stereocenters. The van der Waals surface area contributed by atoms with E-state index in [9.17, 15) is 4.79 Å². The van der Waals surface area contributed by atoms with Gasteiger partial charge in [-0.3, -0.25) is 4.79 Å². The number of methoxy groups -OCH3 is 1. The van der Waals surface area contributed by atoms with Gasteiger partial charge in [0.2, 0.25) is 0 Å². The molecule has 0 saturated heterocycles. The molecule has 0 saturated carbocycles. The van der Waals surface area contributed by atoms with Crippen molar-refractivity contribution in [2.24, 2.45) is 5.41 Å². The van der Waals surface area contributed by atoms with Crippen LogP contribution in [0.2, 0.25) is 0 Å². The summed E-state index contributed by atoms with van der Waals surface area (Å²) in [6.45, 7) is 10.2. The van der Waals surface area contributed by atoms with E-state index in [4.69, 9.17) is 4.74 Å². The molecule has 0 spiro atoms. The molecule has 0 aromatic heterocycles. The van der Waals surface area contributed by atoms with Crippen LogP contribution < -0.4 is 5.32 Å². The maximum Gasteiger partial charge on any atom is 0.323 e. The van der Waals surface area contributed by atoms with Crippen LogP contribution in [0.1, 0.15) is 20.8 Å². The molecule has 76 valence electrons. The first-order valence-electron chi connectivity index (χ1n) is 4.35. The molecule has 0 fully saturated rings. The Balaban J connectivity index is 4.36. The van der Waals surface area contributed by atoms with Crippen molar-refractivity contribution >= 4 is 5.97 Å². The number of carbonyl (C=O) groups is 1. The molecule has 0 bridgehead atoms. The number of rotatable bonds is 4. The molecule has 0 radical (unpaired) electrons. The first kappa shape index (κ1) is 12.2. The highest BCUT2D eigenvalue weighted by atomic mass is 16.5. The van der Waals surface area contributed by atoms with Gasteiger partial charge in [-0.1, -0.05) is 26.8 Å². The number of ether oxygens (including phenoxy) is 1. The van der Waals surface area contributed by atoms with Gasteiger partial charge in [0.05, 0.1) is 7.11 Å². The van der Waals surface area contributed by atoms with E-state index in [2.05, 4.69) is 11.9 Å². The van der Waals surface area contributed by atoms with Gasteiger partial charge in [-0.25, -0.2) is 0 Å². The fourth-order valence-corrected chi connectivity index (χ4v) is 1.06. The standard InChI is InChI=1S/C10H19NO2/c1-6-7-11-8(9(12)13-5)10(2,3)4/h6,8,11H,1,7H2,2-5H3. The van der Waals surface area contributed by atoms with Crippen molar-refractivity contribution in [3.63, 3.8) is 0 Å². The lowest BCUT2D eigenvalue weighted by Gasteiger charge is -2.28. The van der Waals surface area contributed by atoms with Gasteiger partial charge in [0.1, 0.15) is 6.04 Å². The lowest BCUT2D eigenvalue weighted by atomic mass is 9.87. The van der Waals surface area contributed by atoms with Crippen molar-refractivity contribution in [3.05, 3.63) is 12.7 Å². The van der Waals surface area contributed by atoms with Crippen LogP contribution in [0, 0.1) is 5.41 Å². The minimum Gasteiger partial charge on any atom is -0.468 e. The molecule has 0 heterocycles. The van der Waals surface area contributed by atoms with Gasteiger partial charge in [0.15, 0.2) is 0 Å². The Morgan fingerprint density at radius 3 is 2.46 bits per heavy atom. The van der Waals surface area contributed by atoms with Gasteiger partial charge in [0.25, 0.3) is 0 Å². The highest BCUT2D eigenvalue weighted by Crippen LogP contribution is 2.19. The summed E-state index contributed by atoms with van der Waals surface area (Å²) in [6, 6.07) is -0.282. The summed E-state index contributed by atoms with van der Waals surface area (Å²) in [4.78, 5) is 11.3. The van der Waals surface area contributed by atoms with Crippen LogP contribution in [0.3, 0.4) is 0 Å². The van der Waals surface area contributed by atoms with Crippen LogP contribution in [0.25, 0.3) is 0 Å². The van der Waals surface area contributed by atoms with E-state index in [1.807, 2.05) is 20.8 Å². The second-order valence-electron chi connectivity index (χ2n) is 4.02. The third-order valence-electron chi connectivity index (χ3n) is 1.77. The van der Waals surface area contributed by atoms with Crippen LogP contribution in [0.15, 0.2) is 12.7 Å². The molecular formula is C10H19NO2. The van der Waals surface area contributed by atoms with Crippen molar-refractivity contribution in [1.29, 1.82) is 0 Å². The number of hydrogen-bond acceptors (Lipinski definition) is 3. The molecule has 13 heavy (non-hydrogen) atoms. The lowest BCUT2D eigenvalue weighted by molar-refractivity contribution is -0.145. The summed E-state index contributed by atoms with van der Waals surface area (Å²) in [5, 5.41) is 3.07. The monoisotopic (exact) mass is 185 g/mol. The number of carbonyl (C=O) groups excluding carboxylic acids is 1. The van der Waals surface area contributed by atoms with Gasteiger partial charge in [-0.05, 0) is 5.41 Å². The van der Waals surface area contributed by atoms with E-state index in [0.29, 0.717) is 6.54 Å². The molecule has 3 heteroatoms. The third kappa shape index (κ3) is 4.08. The Morgan fingerprint density at radius 2 is 2.15 bits per heavy atom. The zero-order chi connectivity index (χ0) is 10.5. The van der Waals surface area contributed by atoms with Gasteiger partial charge < -0.3 is 10.1 Å². The summed E-state index contributed by atoms with van der Waals surface area (Å²) >= 11 is 0. The Labute approximate surface area is 80.2 Å². The molecular weight excluding hydrogens is 166 g/mol. The molecule has 1 atom stereocenters. The Hall–Kier alpha value is -0.830. The number of esters is 1. The van der Waals surface area contributed by atoms with Crippen molar-refractivity contribution < 1.29 is 9.53 Å². The van der Waals surface area contributed by atoms with Crippen molar-refractivity contribution in [2.75, 3.05) is 13.7 Å². The fourth-order valence-electron chi connectivity index (χ4n) is 1.06. The Kier molecular flexibility index (Phi) is 4.70. The quantitative estimate of drug-likeness (QED) is 0.530. The summed E-state index contributed by atoms with van der Waals surface area (Å²) in [7, 11) is 1.40. The van der Waals surface area contributed by atoms with Crippen molar-refractivity contribution in [3.8, 4) is 0 Å². The second kappa shape index (κ2) is 5.02. The van der Waals surface area contributed by atoms with Gasteiger partial charge >= 0.3 is 5.97 Å². The first-order chi connectivity index (χ1) is 5.93. The molecule has 0 rings (SSSR count). The molecule has 0 aliphatic rings. The Morgan fingerprint density at radius 1 is 1.62 bits per heavy atom. The van der Waals surface area contributed by atoms with E-state index in [0.717, 1.165) is 0 Å². The van der Waals surface area contributed by atoms with Crippen molar-refractivity contribution in [2.45, 2.75) is 26.8 Å². The third-order valence-corrected chi connectivity index (χ3v) is 1.77. The largest absolute Gasteiger partial charge is 0.468 e. The average molecular weight is 185 g/mol. The fraction of sp³-hybridized carbons (Fsp3) is 0.700. The summed E-state index contributed by atoms with van der Waals surface area (Å²) in [5.41, 5.74) is -0.143. The zero-order valence-corrected chi connectivity index (χ0v) is 8.89. The molecule has 3 nitrogen and oxygen atoms in total. The van der Waals surface area contributed by atoms with Gasteiger partial charge in [-0.15, -0.1) is 6.58 Å². The van der Waals surface area contributed by atoms with E-state index < -0.39 is 0 Å². The molecule has 1 N–H and O–H groups in total. The SMILES string of the molecule is C=CCNC(C(=O)OC)C(C)(C)C. The second-order valence-corrected chi connectivity index (χ2v) is 4.02. The zero-order valence-electron chi connectivity index (χ0n) is 8.89. The first-order valence-corrected chi connectivity index (χ1v) is 4.35. The predicted molar refractivity (Wildman–Crippen MR) is 53.5 cm³/mol. The van der Waals surface area contributed by atoms with E-state index in [1.54, 1.807) is 6.08 Å². The van der Waals surface area contributed by atoms with Crippen LogP contribution in [-0.4, -0.2) is 25.7 Å². The Bertz CT molecular complexity index is 182. The van der Waals surface area contributed by atoms with E-state index in [1.165, 1.54) is 7.11 Å². The topological polar surface area (TPSA) is 38.3 Å². The van der Waals surface area contributed by atoms with Gasteiger partial charge in [0, 0.05) is 6.54 Å². The maximum atomic E-state index is 11.3. The summed E-state index contributed by atoms with van der Waals surface area (Å²) in [6.07, 6.45) is 1.72. The predicted octanol–water partition coefficient (Wildman–Crippen LogP) is 1.35. The van der Waals surface area contributed by atoms with Crippen LogP contribution >= 0.6 is 0 Å². The number of hydrogen-bond donors (Lipinski definition) is 1. The smallest absolute Gasteiger partial charge is 0.323 e. The number of nitrogens with one attached hydrogen (secondary N) is 1. The molecule has 0 aromatic rings. The minimum atomic E-state index is -0.282. The normalized spacial score (nSPS) is 13.5. The van der Waals surface area contributed by atoms with E-state index in [-0.39, 0.29) is 17.4 Å². The van der Waals surface area contributed by atoms with Crippen molar-refractivity contribution in [1.82, 2.24) is 5.32 Å². The molecule has 0 amide bonds. The molecule has 0 aromatic carbocycles. The summed E-state index contributed by atoms with van der Waals surface area (Å²) in [5.74, 6) is -0.227.